The number of amides is 8. The van der Waals surface area contributed by atoms with Gasteiger partial charge in [0.1, 0.15) is 12.8 Å². The first kappa shape index (κ1) is 40.0. The van der Waals surface area contributed by atoms with Crippen LogP contribution in [-0.2, 0) is 49.5 Å². The highest BCUT2D eigenvalue weighted by Gasteiger charge is 2.23. The van der Waals surface area contributed by atoms with Crippen LogP contribution in [0.25, 0.3) is 0 Å². The molecule has 1 heterocycles. The van der Waals surface area contributed by atoms with Gasteiger partial charge in [-0.3, -0.25) is 48.2 Å². The van der Waals surface area contributed by atoms with Crippen LogP contribution >= 0.6 is 0 Å². The van der Waals surface area contributed by atoms with E-state index in [0.717, 1.165) is 10.5 Å². The summed E-state index contributed by atoms with van der Waals surface area (Å²) in [6, 6.07) is 7.86. The number of rotatable bonds is 23. The number of nitrogens with zero attached hydrogens (tertiary/aromatic N) is 2. The van der Waals surface area contributed by atoms with Crippen LogP contribution in [0.2, 0.25) is 0 Å². The molecule has 0 spiro atoms. The van der Waals surface area contributed by atoms with Gasteiger partial charge < -0.3 is 36.6 Å². The lowest BCUT2D eigenvalue weighted by Crippen LogP contribution is -2.52. The fraction of sp³-hybridized carbons (Fsp3) is 0.500. The zero-order chi connectivity index (χ0) is 36.0. The highest BCUT2D eigenvalue weighted by Crippen LogP contribution is 2.08. The van der Waals surface area contributed by atoms with Gasteiger partial charge in [0, 0.05) is 45.1 Å². The molecule has 268 valence electrons. The first-order chi connectivity index (χ1) is 23.5. The smallest absolute Gasteiger partial charge is 0.253 e. The Bertz CT molecular complexity index is 1320. The third-order valence-electron chi connectivity index (χ3n) is 7.12. The van der Waals surface area contributed by atoms with Gasteiger partial charge in [-0.25, -0.2) is 0 Å². The molecule has 1 aromatic carbocycles. The molecule has 0 fully saturated rings. The molecule has 0 saturated heterocycles. The molecule has 1 aliphatic heterocycles. The Balaban J connectivity index is 1.68. The number of unbranched alkanes of at least 4 members (excludes halogenated alkanes) is 2. The van der Waals surface area contributed by atoms with Gasteiger partial charge in [0.25, 0.3) is 11.8 Å². The zero-order valence-corrected chi connectivity index (χ0v) is 27.9. The number of imide groups is 1. The van der Waals surface area contributed by atoms with Crippen LogP contribution in [0.3, 0.4) is 0 Å². The first-order valence-corrected chi connectivity index (χ1v) is 15.9. The molecule has 8 amide bonds. The van der Waals surface area contributed by atoms with Crippen LogP contribution < -0.4 is 31.9 Å². The molecule has 2 rings (SSSR count). The van der Waals surface area contributed by atoms with E-state index in [9.17, 15) is 38.4 Å². The maximum atomic E-state index is 12.9. The fourth-order valence-corrected chi connectivity index (χ4v) is 4.38. The van der Waals surface area contributed by atoms with Gasteiger partial charge in [-0.1, -0.05) is 36.8 Å². The number of carbonyl (C=O) groups is 8. The van der Waals surface area contributed by atoms with Gasteiger partial charge in [-0.05, 0) is 25.5 Å². The lowest BCUT2D eigenvalue weighted by Gasteiger charge is -2.19. The lowest BCUT2D eigenvalue weighted by molar-refractivity contribution is -0.137. The molecule has 0 unspecified atom stereocenters. The average Bonchev–Trinajstić information content (AvgIpc) is 3.40. The van der Waals surface area contributed by atoms with Gasteiger partial charge in [0.05, 0.1) is 32.8 Å². The van der Waals surface area contributed by atoms with Crippen molar-refractivity contribution in [3.8, 4) is 0 Å². The van der Waals surface area contributed by atoms with Crippen LogP contribution in [0, 0.1) is 0 Å². The van der Waals surface area contributed by atoms with E-state index in [-0.39, 0.29) is 76.0 Å². The number of hydrogen-bond acceptors (Lipinski definition) is 10. The van der Waals surface area contributed by atoms with Crippen LogP contribution in [0.4, 0.5) is 0 Å². The Hall–Kier alpha value is -5.16. The summed E-state index contributed by atoms with van der Waals surface area (Å²) in [5.41, 5.74) is 0.754. The molecule has 0 bridgehead atoms. The molecular formula is C32H46N8O9. The van der Waals surface area contributed by atoms with Gasteiger partial charge in [-0.2, -0.15) is 0 Å². The van der Waals surface area contributed by atoms with Crippen molar-refractivity contribution in [2.24, 2.45) is 0 Å². The highest BCUT2D eigenvalue weighted by atomic mass is 16.5. The van der Waals surface area contributed by atoms with Crippen molar-refractivity contribution < 1.29 is 43.1 Å². The Morgan fingerprint density at radius 1 is 0.776 bits per heavy atom. The monoisotopic (exact) mass is 686 g/mol. The topological polar surface area (TPSA) is 224 Å². The number of benzene rings is 1. The fourth-order valence-electron chi connectivity index (χ4n) is 4.38. The Morgan fingerprint density at radius 3 is 2.10 bits per heavy atom. The molecule has 49 heavy (non-hydrogen) atoms. The highest BCUT2D eigenvalue weighted by molar-refractivity contribution is 6.12. The maximum Gasteiger partial charge on any atom is 0.253 e. The largest absolute Gasteiger partial charge is 0.360 e. The molecule has 0 aliphatic carbocycles. The summed E-state index contributed by atoms with van der Waals surface area (Å²) in [5.74, 6) is -3.59. The molecular weight excluding hydrogens is 640 g/mol. The molecule has 17 heteroatoms. The predicted molar refractivity (Wildman–Crippen MR) is 176 cm³/mol. The van der Waals surface area contributed by atoms with Crippen molar-refractivity contribution in [2.75, 3.05) is 66.7 Å². The number of hydrogen-bond donors (Lipinski definition) is 6. The van der Waals surface area contributed by atoms with Crippen LogP contribution in [0.15, 0.2) is 42.5 Å². The van der Waals surface area contributed by atoms with Gasteiger partial charge in [-0.15, -0.1) is 0 Å². The molecule has 1 aromatic rings. The van der Waals surface area contributed by atoms with Crippen LogP contribution in [-0.4, -0.2) is 130 Å². The minimum atomic E-state index is -1.05. The normalized spacial score (nSPS) is 12.8. The van der Waals surface area contributed by atoms with Gasteiger partial charge in [0.2, 0.25) is 35.4 Å². The van der Waals surface area contributed by atoms with Crippen molar-refractivity contribution in [2.45, 2.75) is 38.1 Å². The zero-order valence-electron chi connectivity index (χ0n) is 27.9. The number of carbonyl (C=O) groups excluding carboxylic acids is 8. The van der Waals surface area contributed by atoms with Gasteiger partial charge >= 0.3 is 0 Å². The predicted octanol–water partition coefficient (Wildman–Crippen LogP) is -2.68. The standard InChI is InChI=1S/C32H46N8O9/c1-33-29(45)21-39(2)15-16-49-22-37-27(43)19-36-32(48)24(17-23-9-5-3-6-10-23)38-28(44)20-35-26(42)18-34-25(41)11-7-4-8-14-40-30(46)12-13-31(40)47/h3,5-6,9-10,12-13,24H,4,7-8,11,14-22H2,1-2H3,(H,33,45)(H,34,41)(H,35,42)(H,36,48)(H,37,43)(H,38,44)/t24-/m0/s1. The molecule has 1 atom stereocenters. The summed E-state index contributed by atoms with van der Waals surface area (Å²) in [4.78, 5) is 99.4. The molecule has 0 radical (unpaired) electrons. The van der Waals surface area contributed by atoms with Crippen molar-refractivity contribution in [1.29, 1.82) is 0 Å². The molecule has 0 saturated carbocycles. The van der Waals surface area contributed by atoms with Crippen LogP contribution in [0.1, 0.15) is 31.2 Å². The summed E-state index contributed by atoms with van der Waals surface area (Å²) in [7, 11) is 3.30. The molecule has 17 nitrogen and oxygen atoms in total. The third-order valence-corrected chi connectivity index (χ3v) is 7.12. The molecule has 6 N–H and O–H groups in total. The van der Waals surface area contributed by atoms with E-state index in [1.807, 2.05) is 0 Å². The summed E-state index contributed by atoms with van der Waals surface area (Å²) >= 11 is 0. The average molecular weight is 687 g/mol. The van der Waals surface area contributed by atoms with E-state index in [2.05, 4.69) is 31.9 Å². The number of nitrogens with one attached hydrogen (secondary N) is 6. The molecule has 0 aromatic heterocycles. The Morgan fingerprint density at radius 2 is 1.41 bits per heavy atom. The second kappa shape index (κ2) is 22.4. The van der Waals surface area contributed by atoms with E-state index in [1.165, 1.54) is 12.2 Å². The van der Waals surface area contributed by atoms with E-state index < -0.39 is 36.2 Å². The second-order valence-electron chi connectivity index (χ2n) is 11.1. The van der Waals surface area contributed by atoms with Gasteiger partial charge in [0.15, 0.2) is 0 Å². The maximum absolute atomic E-state index is 12.9. The lowest BCUT2D eigenvalue weighted by atomic mass is 10.1. The summed E-state index contributed by atoms with van der Waals surface area (Å²) < 4.78 is 5.35. The SMILES string of the molecule is CNC(=O)CN(C)CCOCNC(=O)CNC(=O)[C@H](Cc1ccccc1)NC(=O)CNC(=O)CNC(=O)CCCCCN1C(=O)C=CC1=O. The second-order valence-corrected chi connectivity index (χ2v) is 11.1. The van der Waals surface area contributed by atoms with E-state index >= 15 is 0 Å². The minimum Gasteiger partial charge on any atom is -0.360 e. The van der Waals surface area contributed by atoms with Crippen LogP contribution in [0.5, 0.6) is 0 Å². The van der Waals surface area contributed by atoms with Crippen molar-refractivity contribution in [1.82, 2.24) is 41.7 Å². The van der Waals surface area contributed by atoms with Crippen molar-refractivity contribution in [3.63, 3.8) is 0 Å². The van der Waals surface area contributed by atoms with Crippen molar-refractivity contribution in [3.05, 3.63) is 48.0 Å². The van der Waals surface area contributed by atoms with E-state index in [1.54, 1.807) is 49.3 Å². The first-order valence-electron chi connectivity index (χ1n) is 15.9. The summed E-state index contributed by atoms with van der Waals surface area (Å²) in [6.45, 7) is -0.0628. The quantitative estimate of drug-likeness (QED) is 0.0397. The number of ether oxygens (including phenoxy) is 1. The summed E-state index contributed by atoms with van der Waals surface area (Å²) in [5, 5.41) is 15.0. The Labute approximate surface area is 284 Å². The summed E-state index contributed by atoms with van der Waals surface area (Å²) in [6.07, 6.45) is 4.36. The van der Waals surface area contributed by atoms with E-state index in [4.69, 9.17) is 4.74 Å². The Kier molecular flexibility index (Phi) is 18.3. The van der Waals surface area contributed by atoms with Crippen molar-refractivity contribution >= 4 is 47.3 Å². The third kappa shape index (κ3) is 17.0. The number of likely N-dealkylation sites (N-methyl/N-ethyl adjacent to an activating group) is 2. The minimum absolute atomic E-state index is 0.101. The molecule has 1 aliphatic rings. The van der Waals surface area contributed by atoms with E-state index in [0.29, 0.717) is 25.8 Å².